The van der Waals surface area contributed by atoms with Crippen LogP contribution in [0, 0.1) is 11.3 Å². The predicted molar refractivity (Wildman–Crippen MR) is 92.0 cm³/mol. The number of amides is 2. The molecule has 2 aliphatic rings. The third-order valence-electron chi connectivity index (χ3n) is 4.92. The Kier molecular flexibility index (Phi) is 6.06. The van der Waals surface area contributed by atoms with Crippen LogP contribution in [-0.4, -0.2) is 60.4 Å². The quantitative estimate of drug-likeness (QED) is 0.859. The summed E-state index contributed by atoms with van der Waals surface area (Å²) in [6.07, 6.45) is 3.87. The van der Waals surface area contributed by atoms with Crippen molar-refractivity contribution in [3.05, 3.63) is 0 Å². The van der Waals surface area contributed by atoms with Gasteiger partial charge in [0.1, 0.15) is 0 Å². The highest BCUT2D eigenvalue weighted by atomic mass is 16.2. The van der Waals surface area contributed by atoms with E-state index in [1.165, 1.54) is 0 Å². The lowest BCUT2D eigenvalue weighted by Gasteiger charge is -2.39. The van der Waals surface area contributed by atoms with Crippen molar-refractivity contribution in [2.24, 2.45) is 11.3 Å². The summed E-state index contributed by atoms with van der Waals surface area (Å²) >= 11 is 0. The van der Waals surface area contributed by atoms with Gasteiger partial charge in [0.15, 0.2) is 0 Å². The minimum atomic E-state index is -0.372. The molecule has 1 N–H and O–H groups in total. The van der Waals surface area contributed by atoms with E-state index >= 15 is 0 Å². The van der Waals surface area contributed by atoms with Crippen LogP contribution in [0.5, 0.6) is 0 Å². The molecule has 2 saturated heterocycles. The van der Waals surface area contributed by atoms with E-state index < -0.39 is 0 Å². The Morgan fingerprint density at radius 1 is 1.26 bits per heavy atom. The summed E-state index contributed by atoms with van der Waals surface area (Å²) < 4.78 is 0. The molecule has 0 spiro atoms. The fraction of sp³-hybridized carbons (Fsp3) is 0.889. The maximum Gasteiger partial charge on any atom is 0.227 e. The highest BCUT2D eigenvalue weighted by Crippen LogP contribution is 2.25. The van der Waals surface area contributed by atoms with Crippen LogP contribution in [-0.2, 0) is 9.59 Å². The number of rotatable bonds is 4. The van der Waals surface area contributed by atoms with E-state index in [4.69, 9.17) is 0 Å². The topological polar surface area (TPSA) is 52.7 Å². The van der Waals surface area contributed by atoms with Gasteiger partial charge >= 0.3 is 0 Å². The van der Waals surface area contributed by atoms with Crippen LogP contribution < -0.4 is 5.32 Å². The summed E-state index contributed by atoms with van der Waals surface area (Å²) in [6.45, 7) is 12.1. The zero-order chi connectivity index (χ0) is 17.0. The number of hydrogen-bond acceptors (Lipinski definition) is 3. The van der Waals surface area contributed by atoms with Crippen molar-refractivity contribution in [2.45, 2.75) is 59.4 Å². The minimum absolute atomic E-state index is 0.0257. The first-order valence-electron chi connectivity index (χ1n) is 9.15. The molecule has 0 aliphatic carbocycles. The third-order valence-corrected chi connectivity index (χ3v) is 4.92. The predicted octanol–water partition coefficient (Wildman–Crippen LogP) is 1.87. The van der Waals surface area contributed by atoms with Gasteiger partial charge in [-0.05, 0) is 32.2 Å². The first-order valence-corrected chi connectivity index (χ1v) is 9.15. The van der Waals surface area contributed by atoms with E-state index in [2.05, 4.69) is 17.1 Å². The lowest BCUT2D eigenvalue weighted by Crippen LogP contribution is -2.51. The van der Waals surface area contributed by atoms with E-state index in [0.717, 1.165) is 51.9 Å². The Morgan fingerprint density at radius 2 is 2.00 bits per heavy atom. The smallest absolute Gasteiger partial charge is 0.227 e. The highest BCUT2D eigenvalue weighted by Gasteiger charge is 2.36. The monoisotopic (exact) mass is 323 g/mol. The SMILES string of the molecule is CCCN(C(=O)C1CCCN(C(=O)C(C)(C)C)C1)C1CCNC1. The Labute approximate surface area is 140 Å². The molecule has 2 unspecified atom stereocenters. The fourth-order valence-electron chi connectivity index (χ4n) is 3.69. The second-order valence-electron chi connectivity index (χ2n) is 8.02. The maximum absolute atomic E-state index is 13.1. The van der Waals surface area contributed by atoms with Gasteiger partial charge in [0, 0.05) is 37.6 Å². The number of nitrogens with one attached hydrogen (secondary N) is 1. The summed E-state index contributed by atoms with van der Waals surface area (Å²) in [6, 6.07) is 0.330. The molecular weight excluding hydrogens is 290 g/mol. The summed E-state index contributed by atoms with van der Waals surface area (Å²) in [7, 11) is 0. The number of hydrogen-bond donors (Lipinski definition) is 1. The van der Waals surface area contributed by atoms with Crippen LogP contribution in [0.15, 0.2) is 0 Å². The van der Waals surface area contributed by atoms with Crippen molar-refractivity contribution in [2.75, 3.05) is 32.7 Å². The standard InChI is InChI=1S/C18H33N3O2/c1-5-10-21(15-8-9-19-12-15)16(22)14-7-6-11-20(13-14)17(23)18(2,3)4/h14-15,19H,5-13H2,1-4H3. The Bertz CT molecular complexity index is 424. The molecule has 2 atom stereocenters. The molecule has 0 aromatic carbocycles. The van der Waals surface area contributed by atoms with Gasteiger partial charge in [0.2, 0.25) is 11.8 Å². The van der Waals surface area contributed by atoms with Crippen LogP contribution in [0.1, 0.15) is 53.4 Å². The van der Waals surface area contributed by atoms with E-state index in [-0.39, 0.29) is 23.1 Å². The molecule has 2 fully saturated rings. The first-order chi connectivity index (χ1) is 10.8. The van der Waals surface area contributed by atoms with Crippen LogP contribution in [0.3, 0.4) is 0 Å². The van der Waals surface area contributed by atoms with Gasteiger partial charge in [-0.1, -0.05) is 27.7 Å². The minimum Gasteiger partial charge on any atom is -0.341 e. The Morgan fingerprint density at radius 3 is 2.57 bits per heavy atom. The Balaban J connectivity index is 2.03. The van der Waals surface area contributed by atoms with Gasteiger partial charge < -0.3 is 15.1 Å². The van der Waals surface area contributed by atoms with Crippen LogP contribution in [0.25, 0.3) is 0 Å². The molecule has 132 valence electrons. The largest absolute Gasteiger partial charge is 0.341 e. The fourth-order valence-corrected chi connectivity index (χ4v) is 3.69. The number of nitrogens with zero attached hydrogens (tertiary/aromatic N) is 2. The van der Waals surface area contributed by atoms with Crippen LogP contribution in [0.4, 0.5) is 0 Å². The summed E-state index contributed by atoms with van der Waals surface area (Å²) in [5.41, 5.74) is -0.372. The summed E-state index contributed by atoms with van der Waals surface area (Å²) in [5.74, 6) is 0.397. The van der Waals surface area contributed by atoms with Crippen molar-refractivity contribution < 1.29 is 9.59 Å². The molecule has 0 bridgehead atoms. The third kappa shape index (κ3) is 4.46. The average molecular weight is 323 g/mol. The molecule has 5 heteroatoms. The number of carbonyl (C=O) groups is 2. The van der Waals surface area contributed by atoms with Gasteiger partial charge in [-0.2, -0.15) is 0 Å². The molecule has 0 saturated carbocycles. The zero-order valence-corrected chi connectivity index (χ0v) is 15.2. The molecule has 0 aromatic rings. The van der Waals surface area contributed by atoms with E-state index in [1.807, 2.05) is 25.7 Å². The number of likely N-dealkylation sites (tertiary alicyclic amines) is 1. The number of piperidine rings is 1. The molecule has 0 aromatic heterocycles. The van der Waals surface area contributed by atoms with Gasteiger partial charge in [-0.15, -0.1) is 0 Å². The molecule has 2 amide bonds. The van der Waals surface area contributed by atoms with Crippen molar-refractivity contribution in [1.82, 2.24) is 15.1 Å². The highest BCUT2D eigenvalue weighted by molar-refractivity contribution is 5.84. The van der Waals surface area contributed by atoms with E-state index in [9.17, 15) is 9.59 Å². The first kappa shape index (κ1) is 18.2. The average Bonchev–Trinajstić information content (AvgIpc) is 3.04. The zero-order valence-electron chi connectivity index (χ0n) is 15.2. The molecule has 2 aliphatic heterocycles. The normalized spacial score (nSPS) is 25.5. The molecular formula is C18H33N3O2. The van der Waals surface area contributed by atoms with Gasteiger partial charge in [0.25, 0.3) is 0 Å². The van der Waals surface area contributed by atoms with Gasteiger partial charge in [-0.25, -0.2) is 0 Å². The summed E-state index contributed by atoms with van der Waals surface area (Å²) in [5, 5.41) is 3.36. The lowest BCUT2D eigenvalue weighted by atomic mass is 9.90. The maximum atomic E-state index is 13.1. The molecule has 2 heterocycles. The van der Waals surface area contributed by atoms with Crippen molar-refractivity contribution in [3.8, 4) is 0 Å². The van der Waals surface area contributed by atoms with Crippen LogP contribution >= 0.6 is 0 Å². The second-order valence-corrected chi connectivity index (χ2v) is 8.02. The van der Waals surface area contributed by atoms with Crippen molar-refractivity contribution >= 4 is 11.8 Å². The molecule has 23 heavy (non-hydrogen) atoms. The van der Waals surface area contributed by atoms with Crippen LogP contribution in [0.2, 0.25) is 0 Å². The van der Waals surface area contributed by atoms with Gasteiger partial charge in [0.05, 0.1) is 5.92 Å². The molecule has 5 nitrogen and oxygen atoms in total. The lowest BCUT2D eigenvalue weighted by molar-refractivity contribution is -0.146. The van der Waals surface area contributed by atoms with Gasteiger partial charge in [-0.3, -0.25) is 9.59 Å². The number of carbonyl (C=O) groups excluding carboxylic acids is 2. The van der Waals surface area contributed by atoms with Crippen molar-refractivity contribution in [3.63, 3.8) is 0 Å². The van der Waals surface area contributed by atoms with Crippen molar-refractivity contribution in [1.29, 1.82) is 0 Å². The molecule has 2 rings (SSSR count). The summed E-state index contributed by atoms with van der Waals surface area (Å²) in [4.78, 5) is 29.6. The second kappa shape index (κ2) is 7.65. The Hall–Kier alpha value is -1.10. The van der Waals surface area contributed by atoms with E-state index in [0.29, 0.717) is 12.6 Å². The molecule has 0 radical (unpaired) electrons. The van der Waals surface area contributed by atoms with E-state index in [1.54, 1.807) is 0 Å².